The van der Waals surface area contributed by atoms with Gasteiger partial charge in [-0.3, -0.25) is 4.79 Å². The van der Waals surface area contributed by atoms with Crippen molar-refractivity contribution in [2.24, 2.45) is 0 Å². The van der Waals surface area contributed by atoms with E-state index in [1.807, 2.05) is 35.2 Å². The summed E-state index contributed by atoms with van der Waals surface area (Å²) in [6.07, 6.45) is 2.55. The second kappa shape index (κ2) is 5.54. The fourth-order valence-corrected chi connectivity index (χ4v) is 3.74. The smallest absolute Gasteiger partial charge is 0.254 e. The average molecular weight is 356 g/mol. The van der Waals surface area contributed by atoms with Crippen LogP contribution >= 0.6 is 11.6 Å². The van der Waals surface area contributed by atoms with E-state index in [1.165, 1.54) is 6.33 Å². The highest BCUT2D eigenvalue weighted by atomic mass is 35.5. The van der Waals surface area contributed by atoms with Crippen molar-refractivity contribution >= 4 is 28.6 Å². The molecular formula is C18H14ClN3O3. The quantitative estimate of drug-likeness (QED) is 0.660. The minimum Gasteiger partial charge on any atom is -0.451 e. The Hall–Kier alpha value is -2.44. The number of fused-ring (bicyclic) bond motifs is 3. The van der Waals surface area contributed by atoms with E-state index >= 15 is 0 Å². The van der Waals surface area contributed by atoms with Crippen molar-refractivity contribution in [1.29, 1.82) is 0 Å². The zero-order chi connectivity index (χ0) is 17.0. The topological polar surface area (TPSA) is 68.5 Å². The van der Waals surface area contributed by atoms with E-state index in [-0.39, 0.29) is 23.2 Å². The van der Waals surface area contributed by atoms with Crippen LogP contribution in [-0.4, -0.2) is 46.1 Å². The Morgan fingerprint density at radius 1 is 1.24 bits per heavy atom. The fourth-order valence-electron chi connectivity index (χ4n) is 3.56. The molecule has 25 heavy (non-hydrogen) atoms. The number of hydrogen-bond donors (Lipinski definition) is 0. The normalized spacial score (nSPS) is 22.0. The van der Waals surface area contributed by atoms with Crippen LogP contribution in [0.4, 0.5) is 0 Å². The number of aromatic nitrogens is 2. The molecule has 7 heteroatoms. The molecule has 6 nitrogen and oxygen atoms in total. The van der Waals surface area contributed by atoms with E-state index in [9.17, 15) is 4.79 Å². The molecule has 0 spiro atoms. The predicted octanol–water partition coefficient (Wildman–Crippen LogP) is 3.16. The summed E-state index contributed by atoms with van der Waals surface area (Å²) in [4.78, 5) is 22.7. The van der Waals surface area contributed by atoms with Gasteiger partial charge in [-0.25, -0.2) is 9.97 Å². The van der Waals surface area contributed by atoms with Crippen LogP contribution in [0.1, 0.15) is 16.8 Å². The number of likely N-dealkylation sites (tertiary alicyclic amines) is 1. The fraction of sp³-hybridized carbons (Fsp3) is 0.278. The average Bonchev–Trinajstić information content (AvgIpc) is 3.36. The van der Waals surface area contributed by atoms with Gasteiger partial charge in [0.1, 0.15) is 17.6 Å². The van der Waals surface area contributed by atoms with Gasteiger partial charge in [-0.15, -0.1) is 0 Å². The first-order chi connectivity index (χ1) is 12.2. The minimum absolute atomic E-state index is 0.0564. The molecule has 2 fully saturated rings. The van der Waals surface area contributed by atoms with Gasteiger partial charge < -0.3 is 14.1 Å². The van der Waals surface area contributed by atoms with E-state index in [0.29, 0.717) is 35.6 Å². The Bertz CT molecular complexity index is 969. The maximum Gasteiger partial charge on any atom is 0.254 e. The second-order valence-corrected chi connectivity index (χ2v) is 6.73. The number of carbonyl (C=O) groups is 1. The van der Waals surface area contributed by atoms with Gasteiger partial charge in [-0.1, -0.05) is 23.7 Å². The lowest BCUT2D eigenvalue weighted by Crippen LogP contribution is -2.41. The lowest BCUT2D eigenvalue weighted by Gasteiger charge is -2.26. The number of rotatable bonds is 2. The molecule has 1 aromatic carbocycles. The van der Waals surface area contributed by atoms with Gasteiger partial charge in [0.05, 0.1) is 18.8 Å². The van der Waals surface area contributed by atoms with E-state index in [1.54, 1.807) is 0 Å². The maximum atomic E-state index is 12.7. The molecule has 0 radical (unpaired) electrons. The van der Waals surface area contributed by atoms with Crippen molar-refractivity contribution in [3.05, 3.63) is 47.4 Å². The summed E-state index contributed by atoms with van der Waals surface area (Å²) in [5, 5.41) is 0.286. The zero-order valence-corrected chi connectivity index (χ0v) is 13.9. The number of morpholine rings is 1. The summed E-state index contributed by atoms with van der Waals surface area (Å²) in [5.41, 5.74) is 2.65. The molecule has 2 saturated heterocycles. The molecule has 0 saturated carbocycles. The Balaban J connectivity index is 1.42. The molecule has 1 amide bonds. The standard InChI is InChI=1S/C18H14ClN3O3/c19-17-16-14(20-9-21-17)6-15(25-16)10-1-3-11(4-2-10)18(23)22-7-13-5-12(22)8-24-13/h1-4,6,9,12-13H,5,7-8H2/t12-,13-/m1/s1. The molecule has 2 bridgehead atoms. The van der Waals surface area contributed by atoms with Crippen molar-refractivity contribution in [1.82, 2.24) is 14.9 Å². The molecule has 2 atom stereocenters. The first-order valence-corrected chi connectivity index (χ1v) is 8.50. The number of hydrogen-bond acceptors (Lipinski definition) is 5. The van der Waals surface area contributed by atoms with Crippen LogP contribution in [-0.2, 0) is 4.74 Å². The summed E-state index contributed by atoms with van der Waals surface area (Å²) in [6, 6.07) is 9.42. The van der Waals surface area contributed by atoms with Crippen LogP contribution in [0.3, 0.4) is 0 Å². The first-order valence-electron chi connectivity index (χ1n) is 8.12. The second-order valence-electron chi connectivity index (χ2n) is 6.37. The third kappa shape index (κ3) is 2.41. The summed E-state index contributed by atoms with van der Waals surface area (Å²) in [6.45, 7) is 1.33. The van der Waals surface area contributed by atoms with Gasteiger partial charge in [0.2, 0.25) is 0 Å². The van der Waals surface area contributed by atoms with Crippen molar-refractivity contribution in [2.45, 2.75) is 18.6 Å². The Labute approximate surface area is 148 Å². The SMILES string of the molecule is O=C(c1ccc(-c2cc3ncnc(Cl)c3o2)cc1)N1C[C@H]2C[C@@H]1CO2. The highest BCUT2D eigenvalue weighted by Crippen LogP contribution is 2.31. The van der Waals surface area contributed by atoms with Gasteiger partial charge in [-0.2, -0.15) is 0 Å². The number of benzene rings is 1. The van der Waals surface area contributed by atoms with Crippen molar-refractivity contribution < 1.29 is 13.9 Å². The molecule has 0 unspecified atom stereocenters. The molecule has 3 aromatic rings. The molecule has 2 aromatic heterocycles. The number of nitrogens with zero attached hydrogens (tertiary/aromatic N) is 3. The number of amides is 1. The number of halogens is 1. The number of carbonyl (C=O) groups excluding carboxylic acids is 1. The third-order valence-corrected chi connectivity index (χ3v) is 5.11. The Kier molecular flexibility index (Phi) is 3.29. The monoisotopic (exact) mass is 355 g/mol. The molecule has 5 rings (SSSR count). The van der Waals surface area contributed by atoms with Crippen molar-refractivity contribution in [2.75, 3.05) is 13.2 Å². The molecule has 2 aliphatic rings. The van der Waals surface area contributed by atoms with Crippen molar-refractivity contribution in [3.8, 4) is 11.3 Å². The third-order valence-electron chi connectivity index (χ3n) is 4.85. The maximum absolute atomic E-state index is 12.7. The van der Waals surface area contributed by atoms with E-state index < -0.39 is 0 Å². The predicted molar refractivity (Wildman–Crippen MR) is 91.4 cm³/mol. The molecular weight excluding hydrogens is 342 g/mol. The van der Waals surface area contributed by atoms with Crippen molar-refractivity contribution in [3.63, 3.8) is 0 Å². The van der Waals surface area contributed by atoms with Crippen LogP contribution in [0.15, 0.2) is 41.1 Å². The van der Waals surface area contributed by atoms with Crippen LogP contribution < -0.4 is 0 Å². The highest BCUT2D eigenvalue weighted by molar-refractivity contribution is 6.33. The van der Waals surface area contributed by atoms with Gasteiger partial charge in [-0.05, 0) is 18.6 Å². The zero-order valence-electron chi connectivity index (χ0n) is 13.2. The highest BCUT2D eigenvalue weighted by Gasteiger charge is 2.41. The van der Waals surface area contributed by atoms with Crippen LogP contribution in [0.5, 0.6) is 0 Å². The van der Waals surface area contributed by atoms with Crippen LogP contribution in [0.2, 0.25) is 5.15 Å². The molecule has 0 N–H and O–H groups in total. The van der Waals surface area contributed by atoms with E-state index in [4.69, 9.17) is 20.8 Å². The first kappa shape index (κ1) is 14.9. The molecule has 2 aliphatic heterocycles. The summed E-state index contributed by atoms with van der Waals surface area (Å²) >= 11 is 6.02. The largest absolute Gasteiger partial charge is 0.451 e. The number of furan rings is 1. The summed E-state index contributed by atoms with van der Waals surface area (Å²) in [5.74, 6) is 0.700. The van der Waals surface area contributed by atoms with Crippen LogP contribution in [0, 0.1) is 0 Å². The number of ether oxygens (including phenoxy) is 1. The van der Waals surface area contributed by atoms with E-state index in [0.717, 1.165) is 12.0 Å². The van der Waals surface area contributed by atoms with Gasteiger partial charge in [0, 0.05) is 23.7 Å². The van der Waals surface area contributed by atoms with E-state index in [2.05, 4.69) is 9.97 Å². The molecule has 0 aliphatic carbocycles. The Morgan fingerprint density at radius 3 is 2.76 bits per heavy atom. The summed E-state index contributed by atoms with van der Waals surface area (Å²) in [7, 11) is 0. The lowest BCUT2D eigenvalue weighted by atomic mass is 10.1. The van der Waals surface area contributed by atoms with Gasteiger partial charge in [0.15, 0.2) is 10.7 Å². The lowest BCUT2D eigenvalue weighted by molar-refractivity contribution is 0.0259. The summed E-state index contributed by atoms with van der Waals surface area (Å²) < 4.78 is 11.3. The van der Waals surface area contributed by atoms with Gasteiger partial charge in [0.25, 0.3) is 5.91 Å². The molecule has 126 valence electrons. The molecule has 4 heterocycles. The Morgan fingerprint density at radius 2 is 2.08 bits per heavy atom. The van der Waals surface area contributed by atoms with Gasteiger partial charge >= 0.3 is 0 Å². The minimum atomic E-state index is 0.0564. The van der Waals surface area contributed by atoms with Crippen LogP contribution in [0.25, 0.3) is 22.4 Å².